The van der Waals surface area contributed by atoms with Gasteiger partial charge in [0.05, 0.1) is 23.5 Å². The van der Waals surface area contributed by atoms with Crippen LogP contribution in [0.5, 0.6) is 0 Å². The lowest BCUT2D eigenvalue weighted by molar-refractivity contribution is -0.117. The minimum atomic E-state index is -1.94. The first-order chi connectivity index (χ1) is 17.1. The van der Waals surface area contributed by atoms with E-state index in [1.54, 1.807) is 6.07 Å². The maximum Gasteiger partial charge on any atom is 0.232 e. The first kappa shape index (κ1) is 27.1. The van der Waals surface area contributed by atoms with E-state index in [2.05, 4.69) is 0 Å². The number of anilines is 2. The molecule has 3 aromatic rings. The van der Waals surface area contributed by atoms with Gasteiger partial charge in [-0.25, -0.2) is 27.5 Å². The number of fused-ring (bicyclic) bond motifs is 3. The molecule has 1 aliphatic carbocycles. The number of aryl methyl sites for hydroxylation is 3. The lowest BCUT2D eigenvalue weighted by Gasteiger charge is -2.25. The predicted molar refractivity (Wildman–Crippen MR) is 133 cm³/mol. The Morgan fingerprint density at radius 1 is 1.03 bits per heavy atom. The van der Waals surface area contributed by atoms with Crippen molar-refractivity contribution in [3.63, 3.8) is 0 Å². The third-order valence-corrected chi connectivity index (χ3v) is 6.17. The van der Waals surface area contributed by atoms with Crippen molar-refractivity contribution in [3.8, 4) is 11.3 Å². The molecule has 1 aromatic heterocycles. The van der Waals surface area contributed by atoms with E-state index in [9.17, 15) is 22.4 Å². The summed E-state index contributed by atoms with van der Waals surface area (Å²) in [5, 5.41) is 0. The Kier molecular flexibility index (Phi) is 8.32. The van der Waals surface area contributed by atoms with Gasteiger partial charge in [0, 0.05) is 23.9 Å². The third-order valence-electron chi connectivity index (χ3n) is 6.17. The van der Waals surface area contributed by atoms with E-state index in [0.29, 0.717) is 42.2 Å². The fourth-order valence-corrected chi connectivity index (χ4v) is 4.25. The molecule has 0 atom stereocenters. The van der Waals surface area contributed by atoms with Crippen molar-refractivity contribution in [3.05, 3.63) is 69.5 Å². The second-order valence-electron chi connectivity index (χ2n) is 8.44. The average molecular weight is 503 g/mol. The zero-order valence-corrected chi connectivity index (χ0v) is 21.1. The van der Waals surface area contributed by atoms with Gasteiger partial charge < -0.3 is 5.73 Å². The topological polar surface area (TPSA) is 72.1 Å². The molecule has 2 N–H and O–H groups in total. The molecule has 9 heteroatoms. The molecule has 0 spiro atoms. The zero-order chi connectivity index (χ0) is 26.7. The first-order valence-electron chi connectivity index (χ1n) is 12.0. The van der Waals surface area contributed by atoms with Gasteiger partial charge in [0.1, 0.15) is 0 Å². The normalized spacial score (nSPS) is 11.8. The molecule has 0 aliphatic heterocycles. The van der Waals surface area contributed by atoms with Gasteiger partial charge in [0.25, 0.3) is 0 Å². The number of nitrogen functional groups attached to an aromatic ring is 1. The van der Waals surface area contributed by atoms with Gasteiger partial charge in [-0.15, -0.1) is 0 Å². The summed E-state index contributed by atoms with van der Waals surface area (Å²) >= 11 is 0. The van der Waals surface area contributed by atoms with Gasteiger partial charge in [0.15, 0.2) is 29.1 Å². The van der Waals surface area contributed by atoms with Crippen LogP contribution in [0.2, 0.25) is 0 Å². The van der Waals surface area contributed by atoms with E-state index in [0.717, 1.165) is 30.2 Å². The molecule has 192 valence electrons. The summed E-state index contributed by atoms with van der Waals surface area (Å²) in [6, 6.07) is 5.63. The second kappa shape index (κ2) is 11.1. The number of aromatic nitrogens is 2. The first-order valence-corrected chi connectivity index (χ1v) is 12.0. The Labute approximate surface area is 208 Å². The van der Waals surface area contributed by atoms with Gasteiger partial charge >= 0.3 is 0 Å². The number of carbonyl (C=O) groups is 1. The summed E-state index contributed by atoms with van der Waals surface area (Å²) in [6.45, 7) is 7.07. The van der Waals surface area contributed by atoms with Gasteiger partial charge in [-0.2, -0.15) is 0 Å². The van der Waals surface area contributed by atoms with Crippen molar-refractivity contribution >= 4 is 17.4 Å². The molecular formula is C27H30F4N4O. The van der Waals surface area contributed by atoms with E-state index in [-0.39, 0.29) is 0 Å². The van der Waals surface area contributed by atoms with Crippen LogP contribution in [0.25, 0.3) is 11.3 Å². The summed E-state index contributed by atoms with van der Waals surface area (Å²) < 4.78 is 55.6. The molecule has 2 aromatic carbocycles. The fraction of sp³-hybridized carbons (Fsp3) is 0.370. The van der Waals surface area contributed by atoms with Crippen molar-refractivity contribution in [1.82, 2.24) is 9.97 Å². The number of nitrogens with zero attached hydrogens (tertiary/aromatic N) is 3. The largest absolute Gasteiger partial charge is 0.399 e. The van der Waals surface area contributed by atoms with Crippen LogP contribution in [0.1, 0.15) is 55.3 Å². The van der Waals surface area contributed by atoms with Crippen LogP contribution < -0.4 is 10.6 Å². The average Bonchev–Trinajstić information content (AvgIpc) is 2.89. The minimum Gasteiger partial charge on any atom is -0.399 e. The minimum absolute atomic E-state index is 0.311. The van der Waals surface area contributed by atoms with Crippen molar-refractivity contribution in [2.75, 3.05) is 17.7 Å². The number of hydrogen-bond donors (Lipinski definition) is 1. The van der Waals surface area contributed by atoms with Crippen LogP contribution in [-0.4, -0.2) is 22.9 Å². The van der Waals surface area contributed by atoms with E-state index >= 15 is 0 Å². The van der Waals surface area contributed by atoms with E-state index in [1.165, 1.54) is 11.9 Å². The number of hydrogen-bond acceptors (Lipinski definition) is 4. The summed E-state index contributed by atoms with van der Waals surface area (Å²) in [5.74, 6) is -7.25. The number of likely N-dealkylation sites (N-methyl/N-ethyl adjacent to an activating group) is 1. The Morgan fingerprint density at radius 2 is 1.69 bits per heavy atom. The second-order valence-corrected chi connectivity index (χ2v) is 8.44. The van der Waals surface area contributed by atoms with Gasteiger partial charge in [0.2, 0.25) is 5.91 Å². The number of carbonyl (C=O) groups excluding carboxylic acids is 1. The zero-order valence-electron chi connectivity index (χ0n) is 21.1. The lowest BCUT2D eigenvalue weighted by atomic mass is 9.91. The maximum atomic E-state index is 14.3. The highest BCUT2D eigenvalue weighted by molar-refractivity contribution is 5.94. The Bertz CT molecular complexity index is 1280. The van der Waals surface area contributed by atoms with Crippen LogP contribution in [0, 0.1) is 30.2 Å². The molecule has 0 unspecified atom stereocenters. The van der Waals surface area contributed by atoms with Gasteiger partial charge in [-0.3, -0.25) is 9.69 Å². The van der Waals surface area contributed by atoms with Crippen LogP contribution in [-0.2, 0) is 30.5 Å². The molecule has 0 radical (unpaired) electrons. The summed E-state index contributed by atoms with van der Waals surface area (Å²) in [4.78, 5) is 23.8. The number of rotatable bonds is 5. The van der Waals surface area contributed by atoms with E-state index in [4.69, 9.17) is 15.7 Å². The number of halogens is 4. The Balaban J connectivity index is 0.00000176. The Hall–Kier alpha value is -3.49. The van der Waals surface area contributed by atoms with Gasteiger partial charge in [-0.1, -0.05) is 33.3 Å². The molecule has 0 saturated carbocycles. The number of amides is 1. The summed E-state index contributed by atoms with van der Waals surface area (Å²) in [6.07, 6.45) is 1.92. The van der Waals surface area contributed by atoms with Crippen molar-refractivity contribution in [2.24, 2.45) is 0 Å². The lowest BCUT2D eigenvalue weighted by Crippen LogP contribution is -2.31. The fourth-order valence-electron chi connectivity index (χ4n) is 4.25. The quantitative estimate of drug-likeness (QED) is 0.205. The SMILES string of the molecule is CC.CCCc1nc2c(nc1N(C)C(=O)Cc1c(C)c(F)c(F)c(F)c1F)CCc1cc(N)ccc1-2. The highest BCUT2D eigenvalue weighted by Gasteiger charge is 2.28. The van der Waals surface area contributed by atoms with Crippen LogP contribution >= 0.6 is 0 Å². The highest BCUT2D eigenvalue weighted by atomic mass is 19.2. The van der Waals surface area contributed by atoms with Crippen LogP contribution in [0.4, 0.5) is 29.1 Å². The highest BCUT2D eigenvalue weighted by Crippen LogP contribution is 2.35. The van der Waals surface area contributed by atoms with Crippen molar-refractivity contribution in [2.45, 2.75) is 59.8 Å². The molecule has 1 heterocycles. The van der Waals surface area contributed by atoms with E-state index in [1.807, 2.05) is 32.9 Å². The van der Waals surface area contributed by atoms with Crippen molar-refractivity contribution < 1.29 is 22.4 Å². The monoisotopic (exact) mass is 502 g/mol. The third kappa shape index (κ3) is 4.92. The molecule has 4 rings (SSSR count). The Morgan fingerprint density at radius 3 is 2.36 bits per heavy atom. The molecule has 1 amide bonds. The molecule has 36 heavy (non-hydrogen) atoms. The van der Waals surface area contributed by atoms with Crippen molar-refractivity contribution in [1.29, 1.82) is 0 Å². The number of nitrogens with two attached hydrogens (primary N) is 1. The summed E-state index contributed by atoms with van der Waals surface area (Å²) in [5.41, 5.74) is 9.66. The predicted octanol–water partition coefficient (Wildman–Crippen LogP) is 5.87. The van der Waals surface area contributed by atoms with Crippen LogP contribution in [0.15, 0.2) is 18.2 Å². The molecular weight excluding hydrogens is 472 g/mol. The van der Waals surface area contributed by atoms with Gasteiger partial charge in [-0.05, 0) is 49.4 Å². The smallest absolute Gasteiger partial charge is 0.232 e. The summed E-state index contributed by atoms with van der Waals surface area (Å²) in [7, 11) is 1.46. The van der Waals surface area contributed by atoms with Crippen LogP contribution in [0.3, 0.4) is 0 Å². The molecule has 0 bridgehead atoms. The van der Waals surface area contributed by atoms with E-state index < -0.39 is 46.7 Å². The molecule has 5 nitrogen and oxygen atoms in total. The number of benzene rings is 2. The standard InChI is InChI=1S/C25H24F4N4O.C2H6/c1-4-5-18-25(32-17-9-6-13-10-14(30)7-8-15(13)24(17)31-18)33(3)19(34)11-16-12(2)20(26)22(28)23(29)21(16)27;1-2/h7-8,10H,4-6,9,11,30H2,1-3H3;1-2H3. The molecule has 0 fully saturated rings. The molecule has 1 aliphatic rings. The molecule has 0 saturated heterocycles. The maximum absolute atomic E-state index is 14.3.